The summed E-state index contributed by atoms with van der Waals surface area (Å²) in [5.41, 5.74) is 0.373. The first-order chi connectivity index (χ1) is 14.3. The molecule has 8 nitrogen and oxygen atoms in total. The molecule has 1 heterocycles. The van der Waals surface area contributed by atoms with Gasteiger partial charge in [0.2, 0.25) is 10.0 Å². The van der Waals surface area contributed by atoms with Crippen molar-refractivity contribution in [1.82, 2.24) is 4.31 Å². The smallest absolute Gasteiger partial charge is 0.341 e. The second-order valence-corrected chi connectivity index (χ2v) is 9.16. The van der Waals surface area contributed by atoms with Crippen molar-refractivity contribution < 1.29 is 31.9 Å². The van der Waals surface area contributed by atoms with Crippen LogP contribution < -0.4 is 0 Å². The van der Waals surface area contributed by atoms with E-state index in [0.717, 1.165) is 32.1 Å². The first-order valence-corrected chi connectivity index (χ1v) is 11.2. The minimum atomic E-state index is -3.63. The number of carbonyl (C=O) groups excluding carboxylic acids is 2. The third-order valence-corrected chi connectivity index (χ3v) is 7.27. The molecule has 1 aliphatic rings. The molecule has 0 amide bonds. The summed E-state index contributed by atoms with van der Waals surface area (Å²) in [7, 11) is -0.783. The molecule has 3 rings (SSSR count). The van der Waals surface area contributed by atoms with Crippen LogP contribution in [-0.4, -0.2) is 44.9 Å². The molecule has 1 aliphatic carbocycles. The van der Waals surface area contributed by atoms with Crippen LogP contribution in [0, 0.1) is 0 Å². The SMILES string of the molecule is COC(=O)c1ccoc1COC(=O)c1ccc(S(=O)(=O)N(C)C2CCCCC2)cc1. The predicted molar refractivity (Wildman–Crippen MR) is 107 cm³/mol. The summed E-state index contributed by atoms with van der Waals surface area (Å²) >= 11 is 0. The van der Waals surface area contributed by atoms with Gasteiger partial charge in [-0.1, -0.05) is 19.3 Å². The third kappa shape index (κ3) is 4.73. The molecule has 30 heavy (non-hydrogen) atoms. The highest BCUT2D eigenvalue weighted by Crippen LogP contribution is 2.26. The molecule has 0 bridgehead atoms. The topological polar surface area (TPSA) is 103 Å². The highest BCUT2D eigenvalue weighted by Gasteiger charge is 2.29. The van der Waals surface area contributed by atoms with E-state index >= 15 is 0 Å². The number of hydrogen-bond acceptors (Lipinski definition) is 7. The molecule has 0 radical (unpaired) electrons. The lowest BCUT2D eigenvalue weighted by molar-refractivity contribution is 0.0432. The van der Waals surface area contributed by atoms with Crippen molar-refractivity contribution in [2.45, 2.75) is 49.6 Å². The van der Waals surface area contributed by atoms with Crippen LogP contribution in [0.3, 0.4) is 0 Å². The first-order valence-electron chi connectivity index (χ1n) is 9.74. The van der Waals surface area contributed by atoms with Gasteiger partial charge in [-0.25, -0.2) is 18.0 Å². The molecule has 1 saturated carbocycles. The minimum Gasteiger partial charge on any atom is -0.465 e. The fourth-order valence-corrected chi connectivity index (χ4v) is 4.94. The molecule has 1 fully saturated rings. The van der Waals surface area contributed by atoms with E-state index in [1.807, 2.05) is 0 Å². The van der Waals surface area contributed by atoms with E-state index in [1.165, 1.54) is 48.0 Å². The van der Waals surface area contributed by atoms with Gasteiger partial charge in [0.15, 0.2) is 12.4 Å². The molecule has 0 aliphatic heterocycles. The monoisotopic (exact) mass is 435 g/mol. The van der Waals surface area contributed by atoms with Crippen LogP contribution in [-0.2, 0) is 26.1 Å². The zero-order valence-electron chi connectivity index (χ0n) is 17.0. The average Bonchev–Trinajstić information content (AvgIpc) is 3.25. The zero-order chi connectivity index (χ0) is 21.7. The second kappa shape index (κ2) is 9.44. The molecule has 0 unspecified atom stereocenters. The Labute approximate surface area is 175 Å². The van der Waals surface area contributed by atoms with Crippen LogP contribution >= 0.6 is 0 Å². The van der Waals surface area contributed by atoms with Gasteiger partial charge in [0.05, 0.1) is 23.8 Å². The van der Waals surface area contributed by atoms with Gasteiger partial charge in [-0.05, 0) is 43.2 Å². The average molecular weight is 435 g/mol. The normalized spacial score (nSPS) is 15.2. The van der Waals surface area contributed by atoms with Gasteiger partial charge in [-0.15, -0.1) is 0 Å². The molecule has 1 aromatic carbocycles. The van der Waals surface area contributed by atoms with Crippen molar-refractivity contribution in [3.05, 3.63) is 53.5 Å². The zero-order valence-corrected chi connectivity index (χ0v) is 17.8. The largest absolute Gasteiger partial charge is 0.465 e. The summed E-state index contributed by atoms with van der Waals surface area (Å²) in [6.45, 7) is -0.249. The molecule has 9 heteroatoms. The van der Waals surface area contributed by atoms with E-state index in [-0.39, 0.29) is 34.4 Å². The molecule has 162 valence electrons. The summed E-state index contributed by atoms with van der Waals surface area (Å²) in [6, 6.07) is 7.05. The summed E-state index contributed by atoms with van der Waals surface area (Å²) in [4.78, 5) is 24.1. The van der Waals surface area contributed by atoms with Gasteiger partial charge in [0.1, 0.15) is 5.56 Å². The fraction of sp³-hybridized carbons (Fsp3) is 0.429. The Bertz CT molecular complexity index is 989. The number of methoxy groups -OCH3 is 1. The molecule has 0 spiro atoms. The number of hydrogen-bond donors (Lipinski definition) is 0. The number of benzene rings is 1. The number of furan rings is 1. The van der Waals surface area contributed by atoms with E-state index in [2.05, 4.69) is 4.74 Å². The Hall–Kier alpha value is -2.65. The molecule has 0 N–H and O–H groups in total. The number of carbonyl (C=O) groups is 2. The first kappa shape index (κ1) is 22.0. The lowest BCUT2D eigenvalue weighted by Crippen LogP contribution is -2.38. The Morgan fingerprint density at radius 2 is 1.73 bits per heavy atom. The third-order valence-electron chi connectivity index (χ3n) is 5.34. The number of rotatable bonds is 7. The van der Waals surface area contributed by atoms with Crippen molar-refractivity contribution >= 4 is 22.0 Å². The second-order valence-electron chi connectivity index (χ2n) is 7.16. The standard InChI is InChI=1S/C21H25NO7S/c1-22(16-6-4-3-5-7-16)30(25,26)17-10-8-15(9-11-17)20(23)29-14-19-18(12-13-28-19)21(24)27-2/h8-13,16H,3-7,14H2,1-2H3. The Morgan fingerprint density at radius 3 is 2.37 bits per heavy atom. The molecular weight excluding hydrogens is 410 g/mol. The van der Waals surface area contributed by atoms with Gasteiger partial charge < -0.3 is 13.9 Å². The van der Waals surface area contributed by atoms with E-state index < -0.39 is 22.0 Å². The summed E-state index contributed by atoms with van der Waals surface area (Å²) in [5.74, 6) is -1.08. The van der Waals surface area contributed by atoms with E-state index in [9.17, 15) is 18.0 Å². The maximum Gasteiger partial charge on any atom is 0.341 e. The predicted octanol–water partition coefficient (Wildman–Crippen LogP) is 3.38. The molecule has 0 saturated heterocycles. The molecule has 2 aromatic rings. The number of esters is 2. The lowest BCUT2D eigenvalue weighted by atomic mass is 9.96. The van der Waals surface area contributed by atoms with Gasteiger partial charge in [0.25, 0.3) is 0 Å². The van der Waals surface area contributed by atoms with Gasteiger partial charge >= 0.3 is 11.9 Å². The van der Waals surface area contributed by atoms with Crippen molar-refractivity contribution in [3.63, 3.8) is 0 Å². The summed E-state index contributed by atoms with van der Waals surface area (Å²) in [5, 5.41) is 0. The summed E-state index contributed by atoms with van der Waals surface area (Å²) in [6.07, 6.45) is 6.23. The highest BCUT2D eigenvalue weighted by molar-refractivity contribution is 7.89. The molecule has 0 atom stereocenters. The lowest BCUT2D eigenvalue weighted by Gasteiger charge is -2.30. The van der Waals surface area contributed by atoms with Gasteiger partial charge in [-0.3, -0.25) is 0 Å². The van der Waals surface area contributed by atoms with Crippen molar-refractivity contribution in [2.75, 3.05) is 14.2 Å². The number of sulfonamides is 1. The van der Waals surface area contributed by atoms with Crippen LogP contribution in [0.4, 0.5) is 0 Å². The molecule has 1 aromatic heterocycles. The Balaban J connectivity index is 1.65. The van der Waals surface area contributed by atoms with Crippen LogP contribution in [0.25, 0.3) is 0 Å². The number of ether oxygens (including phenoxy) is 2. The van der Waals surface area contributed by atoms with E-state index in [0.29, 0.717) is 0 Å². The van der Waals surface area contributed by atoms with Crippen LogP contribution in [0.1, 0.15) is 58.6 Å². The van der Waals surface area contributed by atoms with Gasteiger partial charge in [-0.2, -0.15) is 4.31 Å². The van der Waals surface area contributed by atoms with Crippen LogP contribution in [0.2, 0.25) is 0 Å². The van der Waals surface area contributed by atoms with Gasteiger partial charge in [0, 0.05) is 13.1 Å². The Kier molecular flexibility index (Phi) is 6.94. The fourth-order valence-electron chi connectivity index (χ4n) is 3.53. The maximum atomic E-state index is 12.9. The quantitative estimate of drug-likeness (QED) is 0.614. The maximum absolute atomic E-state index is 12.9. The van der Waals surface area contributed by atoms with E-state index in [4.69, 9.17) is 9.15 Å². The van der Waals surface area contributed by atoms with Crippen LogP contribution in [0.5, 0.6) is 0 Å². The summed E-state index contributed by atoms with van der Waals surface area (Å²) < 4.78 is 42.2. The Morgan fingerprint density at radius 1 is 1.07 bits per heavy atom. The van der Waals surface area contributed by atoms with Crippen molar-refractivity contribution in [3.8, 4) is 0 Å². The van der Waals surface area contributed by atoms with Crippen molar-refractivity contribution in [1.29, 1.82) is 0 Å². The van der Waals surface area contributed by atoms with Crippen LogP contribution in [0.15, 0.2) is 45.9 Å². The minimum absolute atomic E-state index is 0.00527. The highest BCUT2D eigenvalue weighted by atomic mass is 32.2. The van der Waals surface area contributed by atoms with Crippen molar-refractivity contribution in [2.24, 2.45) is 0 Å². The molecular formula is C21H25NO7S. The van der Waals surface area contributed by atoms with E-state index in [1.54, 1.807) is 7.05 Å². The number of nitrogens with zero attached hydrogens (tertiary/aromatic N) is 1.